The molecule has 0 atom stereocenters. The van der Waals surface area contributed by atoms with Gasteiger partial charge in [0.15, 0.2) is 0 Å². The average molecular weight is 448 g/mol. The Morgan fingerprint density at radius 1 is 1.03 bits per heavy atom. The van der Waals surface area contributed by atoms with Gasteiger partial charge in [0.25, 0.3) is 0 Å². The molecule has 0 aliphatic carbocycles. The molecule has 0 bridgehead atoms. The van der Waals surface area contributed by atoms with Gasteiger partial charge >= 0.3 is 0 Å². The number of carbonyl (C=O) groups excluding carboxylic acids is 1. The first-order valence-corrected chi connectivity index (χ1v) is 12.8. The van der Waals surface area contributed by atoms with E-state index in [1.807, 2.05) is 18.4 Å². The number of nitrogens with zero attached hydrogens (tertiary/aromatic N) is 2. The number of likely N-dealkylation sites (N-methyl/N-ethyl adjacent to an activating group) is 1. The molecule has 1 amide bonds. The summed E-state index contributed by atoms with van der Waals surface area (Å²) < 4.78 is 26.4. The summed E-state index contributed by atoms with van der Waals surface area (Å²) >= 11 is 1.55. The fourth-order valence-corrected chi connectivity index (χ4v) is 4.98. The molecule has 0 spiro atoms. The molecule has 1 aliphatic heterocycles. The topological polar surface area (TPSA) is 69.7 Å². The van der Waals surface area contributed by atoms with Crippen LogP contribution < -0.4 is 10.2 Å². The van der Waals surface area contributed by atoms with Gasteiger partial charge < -0.3 is 10.2 Å². The van der Waals surface area contributed by atoms with Gasteiger partial charge in [0.1, 0.15) is 0 Å². The van der Waals surface area contributed by atoms with Crippen LogP contribution in [0.2, 0.25) is 0 Å². The highest BCUT2D eigenvalue weighted by Crippen LogP contribution is 2.21. The van der Waals surface area contributed by atoms with E-state index in [-0.39, 0.29) is 17.3 Å². The quantitative estimate of drug-likeness (QED) is 0.629. The molecule has 1 heterocycles. The van der Waals surface area contributed by atoms with Gasteiger partial charge in [0.05, 0.1) is 11.4 Å². The highest BCUT2D eigenvalue weighted by atomic mass is 32.2. The second kappa shape index (κ2) is 10.3. The summed E-state index contributed by atoms with van der Waals surface area (Å²) in [5.41, 5.74) is 2.20. The minimum absolute atomic E-state index is 0.184. The highest BCUT2D eigenvalue weighted by Gasteiger charge is 2.22. The molecule has 3 rings (SSSR count). The van der Waals surface area contributed by atoms with Crippen LogP contribution in [0.1, 0.15) is 24.8 Å². The van der Waals surface area contributed by atoms with Crippen molar-refractivity contribution in [3.63, 3.8) is 0 Å². The highest BCUT2D eigenvalue weighted by molar-refractivity contribution is 7.98. The Balaban J connectivity index is 1.52. The van der Waals surface area contributed by atoms with E-state index in [4.69, 9.17) is 0 Å². The molecule has 162 valence electrons. The predicted octanol–water partition coefficient (Wildman–Crippen LogP) is 3.34. The second-order valence-electron chi connectivity index (χ2n) is 7.43. The van der Waals surface area contributed by atoms with E-state index in [1.54, 1.807) is 36.0 Å². The van der Waals surface area contributed by atoms with E-state index in [0.29, 0.717) is 6.54 Å². The molecular weight excluding hydrogens is 418 g/mol. The van der Waals surface area contributed by atoms with Crippen LogP contribution in [0, 0.1) is 0 Å². The number of piperidine rings is 1. The van der Waals surface area contributed by atoms with Crippen LogP contribution in [0.5, 0.6) is 0 Å². The third-order valence-corrected chi connectivity index (χ3v) is 7.84. The number of amides is 1. The maximum Gasteiger partial charge on any atom is 0.243 e. The van der Waals surface area contributed by atoms with Crippen LogP contribution >= 0.6 is 11.8 Å². The van der Waals surface area contributed by atoms with Crippen molar-refractivity contribution in [3.05, 3.63) is 54.1 Å². The summed E-state index contributed by atoms with van der Waals surface area (Å²) in [7, 11) is -2.28. The van der Waals surface area contributed by atoms with Crippen LogP contribution in [-0.2, 0) is 21.4 Å². The minimum Gasteiger partial charge on any atom is -0.372 e. The Bertz CT molecular complexity index is 939. The Morgan fingerprint density at radius 2 is 1.67 bits per heavy atom. The number of anilines is 1. The van der Waals surface area contributed by atoms with Gasteiger partial charge in [-0.15, -0.1) is 11.8 Å². The number of hydrogen-bond acceptors (Lipinski definition) is 5. The number of rotatable bonds is 8. The van der Waals surface area contributed by atoms with Crippen molar-refractivity contribution in [1.29, 1.82) is 0 Å². The van der Waals surface area contributed by atoms with Crippen molar-refractivity contribution in [2.45, 2.75) is 35.6 Å². The van der Waals surface area contributed by atoms with Gasteiger partial charge in [-0.05, 0) is 67.5 Å². The van der Waals surface area contributed by atoms with Gasteiger partial charge in [-0.1, -0.05) is 12.1 Å². The zero-order valence-electron chi connectivity index (χ0n) is 17.5. The second-order valence-corrected chi connectivity index (χ2v) is 10.4. The molecular formula is C22H29N3O3S2. The van der Waals surface area contributed by atoms with Crippen molar-refractivity contribution in [2.75, 3.05) is 37.8 Å². The van der Waals surface area contributed by atoms with Crippen molar-refractivity contribution in [1.82, 2.24) is 9.62 Å². The van der Waals surface area contributed by atoms with Gasteiger partial charge in [-0.2, -0.15) is 4.31 Å². The minimum atomic E-state index is -3.70. The molecule has 2 aromatic carbocycles. The molecule has 1 N–H and O–H groups in total. The lowest BCUT2D eigenvalue weighted by atomic mass is 10.1. The molecule has 30 heavy (non-hydrogen) atoms. The third-order valence-electron chi connectivity index (χ3n) is 5.28. The molecule has 0 aromatic heterocycles. The van der Waals surface area contributed by atoms with Crippen LogP contribution in [-0.4, -0.2) is 51.6 Å². The van der Waals surface area contributed by atoms with Crippen LogP contribution in [0.15, 0.2) is 58.3 Å². The van der Waals surface area contributed by atoms with Gasteiger partial charge in [0.2, 0.25) is 15.9 Å². The Hall–Kier alpha value is -2.03. The predicted molar refractivity (Wildman–Crippen MR) is 122 cm³/mol. The standard InChI is InChI=1S/C22H29N3O3S2/c1-24(30(27,28)21-12-10-20(29-2)11-13-21)17-22(26)23-16-18-6-8-19(9-7-18)25-14-4-3-5-15-25/h6-13H,3-5,14-17H2,1-2H3,(H,23,26). The summed E-state index contributed by atoms with van der Waals surface area (Å²) in [6.45, 7) is 2.34. The largest absolute Gasteiger partial charge is 0.372 e. The smallest absolute Gasteiger partial charge is 0.243 e. The molecule has 2 aromatic rings. The summed E-state index contributed by atoms with van der Waals surface area (Å²) in [5, 5.41) is 2.81. The molecule has 0 saturated carbocycles. The molecule has 6 nitrogen and oxygen atoms in total. The first-order valence-electron chi connectivity index (χ1n) is 10.1. The van der Waals surface area contributed by atoms with Gasteiger partial charge in [-0.3, -0.25) is 4.79 Å². The molecule has 1 saturated heterocycles. The number of benzene rings is 2. The molecule has 1 fully saturated rings. The Morgan fingerprint density at radius 3 is 2.27 bits per heavy atom. The fourth-order valence-electron chi connectivity index (χ4n) is 3.45. The van der Waals surface area contributed by atoms with Crippen molar-refractivity contribution in [2.24, 2.45) is 0 Å². The maximum absolute atomic E-state index is 12.7. The number of hydrogen-bond donors (Lipinski definition) is 1. The van der Waals surface area contributed by atoms with Crippen LogP contribution in [0.25, 0.3) is 0 Å². The van der Waals surface area contributed by atoms with E-state index >= 15 is 0 Å². The van der Waals surface area contributed by atoms with E-state index in [1.165, 1.54) is 32.0 Å². The average Bonchev–Trinajstić information content (AvgIpc) is 2.78. The summed E-state index contributed by atoms with van der Waals surface area (Å²) in [4.78, 5) is 15.8. The first-order chi connectivity index (χ1) is 14.4. The molecule has 0 radical (unpaired) electrons. The SMILES string of the molecule is CSc1ccc(S(=O)(=O)N(C)CC(=O)NCc2ccc(N3CCCCC3)cc2)cc1. The van der Waals surface area contributed by atoms with E-state index in [9.17, 15) is 13.2 Å². The molecule has 8 heteroatoms. The lowest BCUT2D eigenvalue weighted by molar-refractivity contribution is -0.121. The summed E-state index contributed by atoms with van der Waals surface area (Å²) in [6.07, 6.45) is 5.70. The maximum atomic E-state index is 12.7. The van der Waals surface area contributed by atoms with E-state index in [0.717, 1.165) is 27.9 Å². The first kappa shape index (κ1) is 22.7. The van der Waals surface area contributed by atoms with Crippen molar-refractivity contribution >= 4 is 33.4 Å². The number of thioether (sulfide) groups is 1. The Kier molecular flexibility index (Phi) is 7.80. The third kappa shape index (κ3) is 5.77. The fraction of sp³-hybridized carbons (Fsp3) is 0.409. The van der Waals surface area contributed by atoms with E-state index in [2.05, 4.69) is 22.3 Å². The Labute approximate surface area is 183 Å². The lowest BCUT2D eigenvalue weighted by Crippen LogP contribution is -2.38. The summed E-state index contributed by atoms with van der Waals surface area (Å²) in [5.74, 6) is -0.332. The zero-order valence-corrected chi connectivity index (χ0v) is 19.1. The number of carbonyl (C=O) groups is 1. The van der Waals surface area contributed by atoms with Gasteiger partial charge in [-0.25, -0.2) is 8.42 Å². The monoisotopic (exact) mass is 447 g/mol. The molecule has 1 aliphatic rings. The van der Waals surface area contributed by atoms with Crippen molar-refractivity contribution in [3.8, 4) is 0 Å². The normalized spacial score (nSPS) is 14.7. The van der Waals surface area contributed by atoms with Crippen LogP contribution in [0.4, 0.5) is 5.69 Å². The lowest BCUT2D eigenvalue weighted by Gasteiger charge is -2.28. The zero-order chi connectivity index (χ0) is 21.6. The number of sulfonamides is 1. The number of nitrogens with one attached hydrogen (secondary N) is 1. The summed E-state index contributed by atoms with van der Waals surface area (Å²) in [6, 6.07) is 14.9. The van der Waals surface area contributed by atoms with Crippen molar-refractivity contribution < 1.29 is 13.2 Å². The van der Waals surface area contributed by atoms with E-state index < -0.39 is 10.0 Å². The molecule has 0 unspecified atom stereocenters. The van der Waals surface area contributed by atoms with Gasteiger partial charge in [0, 0.05) is 37.3 Å². The van der Waals surface area contributed by atoms with Crippen LogP contribution in [0.3, 0.4) is 0 Å².